The van der Waals surface area contributed by atoms with Crippen LogP contribution in [0.5, 0.6) is 0 Å². The minimum atomic E-state index is -0.543. The molecule has 1 unspecified atom stereocenters. The monoisotopic (exact) mass is 490 g/mol. The van der Waals surface area contributed by atoms with Gasteiger partial charge in [-0.1, -0.05) is 23.2 Å². The number of nitrogens with one attached hydrogen (secondary N) is 3. The maximum Gasteiger partial charge on any atom is 0.239 e. The van der Waals surface area contributed by atoms with E-state index in [1.807, 2.05) is 13.8 Å². The first-order valence-electron chi connectivity index (χ1n) is 7.15. The zero-order chi connectivity index (χ0) is 17.6. The Hall–Kier alpha value is -0.800. The van der Waals surface area contributed by atoms with Gasteiger partial charge >= 0.3 is 0 Å². The number of nitrogens with zero attached hydrogens (tertiary/aromatic N) is 1. The number of carbonyl (C=O) groups is 1. The van der Waals surface area contributed by atoms with E-state index < -0.39 is 5.82 Å². The molecule has 9 heteroatoms. The lowest BCUT2D eigenvalue weighted by Crippen LogP contribution is -2.45. The Morgan fingerprint density at radius 1 is 1.21 bits per heavy atom. The third-order valence-electron chi connectivity index (χ3n) is 2.95. The Morgan fingerprint density at radius 3 is 2.38 bits per heavy atom. The molecule has 0 heterocycles. The molecule has 0 saturated carbocycles. The summed E-state index contributed by atoms with van der Waals surface area (Å²) in [5.41, 5.74) is 0.545. The molecule has 1 amide bonds. The smallest absolute Gasteiger partial charge is 0.239 e. The molecule has 0 aliphatic heterocycles. The molecule has 0 spiro atoms. The molecule has 5 nitrogen and oxygen atoms in total. The molecule has 1 aromatic rings. The maximum atomic E-state index is 13.6. The minimum Gasteiger partial charge on any atom is -0.352 e. The molecule has 0 aliphatic rings. The molecule has 0 bridgehead atoms. The summed E-state index contributed by atoms with van der Waals surface area (Å²) < 4.78 is 13.6. The van der Waals surface area contributed by atoms with Crippen LogP contribution in [0.1, 0.15) is 32.4 Å². The topological polar surface area (TPSA) is 65.5 Å². The van der Waals surface area contributed by atoms with E-state index in [1.165, 1.54) is 12.1 Å². The van der Waals surface area contributed by atoms with E-state index in [9.17, 15) is 9.18 Å². The van der Waals surface area contributed by atoms with Crippen molar-refractivity contribution in [1.29, 1.82) is 0 Å². The predicted octanol–water partition coefficient (Wildman–Crippen LogP) is 3.50. The predicted molar refractivity (Wildman–Crippen MR) is 108 cm³/mol. The highest BCUT2D eigenvalue weighted by atomic mass is 127. The highest BCUT2D eigenvalue weighted by molar-refractivity contribution is 14.0. The first kappa shape index (κ1) is 23.2. The van der Waals surface area contributed by atoms with Crippen molar-refractivity contribution in [2.75, 3.05) is 13.6 Å². The van der Waals surface area contributed by atoms with Gasteiger partial charge in [-0.3, -0.25) is 9.79 Å². The van der Waals surface area contributed by atoms with Gasteiger partial charge in [-0.2, -0.15) is 0 Å². The van der Waals surface area contributed by atoms with Gasteiger partial charge in [0.05, 0.1) is 17.6 Å². The van der Waals surface area contributed by atoms with E-state index in [0.29, 0.717) is 16.5 Å². The fraction of sp³-hybridized carbons (Fsp3) is 0.467. The van der Waals surface area contributed by atoms with Crippen LogP contribution in [0.3, 0.4) is 0 Å². The summed E-state index contributed by atoms with van der Waals surface area (Å²) in [6.07, 6.45) is 0. The summed E-state index contributed by atoms with van der Waals surface area (Å²) in [5.74, 6) is -0.284. The number of halogens is 4. The van der Waals surface area contributed by atoms with Crippen LogP contribution in [0.15, 0.2) is 17.1 Å². The van der Waals surface area contributed by atoms with E-state index >= 15 is 0 Å². The first-order chi connectivity index (χ1) is 10.7. The number of guanidine groups is 1. The molecular formula is C15H22Cl2FIN4O. The van der Waals surface area contributed by atoms with E-state index in [2.05, 4.69) is 20.9 Å². The van der Waals surface area contributed by atoms with Gasteiger partial charge in [-0.15, -0.1) is 24.0 Å². The van der Waals surface area contributed by atoms with E-state index in [4.69, 9.17) is 23.2 Å². The number of rotatable bonds is 5. The van der Waals surface area contributed by atoms with Gasteiger partial charge in [-0.25, -0.2) is 4.39 Å². The highest BCUT2D eigenvalue weighted by Gasteiger charge is 2.15. The number of carbonyl (C=O) groups excluding carboxylic acids is 1. The maximum absolute atomic E-state index is 13.6. The number of benzene rings is 1. The second-order valence-corrected chi connectivity index (χ2v) is 6.12. The second kappa shape index (κ2) is 10.9. The van der Waals surface area contributed by atoms with Crippen LogP contribution in [0, 0.1) is 5.82 Å². The highest BCUT2D eigenvalue weighted by Crippen LogP contribution is 2.28. The third kappa shape index (κ3) is 7.40. The zero-order valence-corrected chi connectivity index (χ0v) is 17.8. The average molecular weight is 491 g/mol. The molecule has 0 saturated heterocycles. The molecule has 1 rings (SSSR count). The van der Waals surface area contributed by atoms with Crippen molar-refractivity contribution in [2.45, 2.75) is 32.9 Å². The van der Waals surface area contributed by atoms with Crippen LogP contribution in [0.25, 0.3) is 0 Å². The Balaban J connectivity index is 0.00000529. The van der Waals surface area contributed by atoms with Crippen molar-refractivity contribution in [1.82, 2.24) is 16.0 Å². The standard InChI is InChI=1S/C15H21Cl2FN4O.HI/c1-8(2)21-14(23)7-20-15(19-4)22-9(3)10-5-13(18)12(17)6-11(10)16;/h5-6,8-9H,7H2,1-4H3,(H,21,23)(H2,19,20,22);1H. The molecule has 3 N–H and O–H groups in total. The van der Waals surface area contributed by atoms with Crippen molar-refractivity contribution < 1.29 is 9.18 Å². The average Bonchev–Trinajstić information content (AvgIpc) is 2.46. The molecule has 0 fully saturated rings. The van der Waals surface area contributed by atoms with Crippen molar-refractivity contribution in [3.8, 4) is 0 Å². The van der Waals surface area contributed by atoms with Crippen LogP contribution in [0.4, 0.5) is 4.39 Å². The third-order valence-corrected chi connectivity index (χ3v) is 3.57. The fourth-order valence-corrected chi connectivity index (χ4v) is 2.43. The van der Waals surface area contributed by atoms with Gasteiger partial charge < -0.3 is 16.0 Å². The van der Waals surface area contributed by atoms with E-state index in [0.717, 1.165) is 0 Å². The summed E-state index contributed by atoms with van der Waals surface area (Å²) in [6.45, 7) is 5.64. The largest absolute Gasteiger partial charge is 0.352 e. The van der Waals surface area contributed by atoms with Gasteiger partial charge in [0.1, 0.15) is 5.82 Å². The lowest BCUT2D eigenvalue weighted by atomic mass is 10.1. The van der Waals surface area contributed by atoms with Crippen LogP contribution in [0.2, 0.25) is 10.0 Å². The quantitative estimate of drug-likeness (QED) is 0.256. The van der Waals surface area contributed by atoms with Gasteiger partial charge in [0.15, 0.2) is 5.96 Å². The lowest BCUT2D eigenvalue weighted by molar-refractivity contribution is -0.120. The van der Waals surface area contributed by atoms with Gasteiger partial charge in [-0.05, 0) is 38.5 Å². The summed E-state index contributed by atoms with van der Waals surface area (Å²) in [4.78, 5) is 15.6. The number of hydrogen-bond acceptors (Lipinski definition) is 2. The molecule has 0 aromatic heterocycles. The van der Waals surface area contributed by atoms with Crippen LogP contribution < -0.4 is 16.0 Å². The summed E-state index contributed by atoms with van der Waals surface area (Å²) in [5, 5.41) is 9.01. The van der Waals surface area contributed by atoms with Gasteiger partial charge in [0, 0.05) is 18.1 Å². The molecule has 1 atom stereocenters. The van der Waals surface area contributed by atoms with Crippen LogP contribution in [-0.2, 0) is 4.79 Å². The number of amides is 1. The Labute approximate surface area is 168 Å². The summed E-state index contributed by atoms with van der Waals surface area (Å²) in [6, 6.07) is 2.38. The second-order valence-electron chi connectivity index (χ2n) is 5.30. The number of aliphatic imine (C=N–C) groups is 1. The SMILES string of the molecule is CN=C(NCC(=O)NC(C)C)NC(C)c1cc(F)c(Cl)cc1Cl.I. The minimum absolute atomic E-state index is 0. The molecule has 136 valence electrons. The van der Waals surface area contributed by atoms with Crippen molar-refractivity contribution >= 4 is 59.0 Å². The Kier molecular flexibility index (Phi) is 10.6. The molecular weight excluding hydrogens is 469 g/mol. The Bertz CT molecular complexity index is 599. The van der Waals surface area contributed by atoms with Crippen molar-refractivity contribution in [2.24, 2.45) is 4.99 Å². The van der Waals surface area contributed by atoms with Gasteiger partial charge in [0.2, 0.25) is 5.91 Å². The van der Waals surface area contributed by atoms with Gasteiger partial charge in [0.25, 0.3) is 0 Å². The fourth-order valence-electron chi connectivity index (χ4n) is 1.88. The normalized spacial score (nSPS) is 12.4. The Morgan fingerprint density at radius 2 is 1.83 bits per heavy atom. The first-order valence-corrected chi connectivity index (χ1v) is 7.91. The molecule has 0 radical (unpaired) electrons. The zero-order valence-electron chi connectivity index (χ0n) is 13.9. The van der Waals surface area contributed by atoms with Crippen molar-refractivity contribution in [3.05, 3.63) is 33.6 Å². The van der Waals surface area contributed by atoms with Crippen LogP contribution in [-0.4, -0.2) is 31.5 Å². The van der Waals surface area contributed by atoms with E-state index in [1.54, 1.807) is 14.0 Å². The molecule has 0 aliphatic carbocycles. The number of hydrogen-bond donors (Lipinski definition) is 3. The van der Waals surface area contributed by atoms with Crippen molar-refractivity contribution in [3.63, 3.8) is 0 Å². The summed E-state index contributed by atoms with van der Waals surface area (Å²) in [7, 11) is 1.58. The van der Waals surface area contributed by atoms with Crippen LogP contribution >= 0.6 is 47.2 Å². The lowest BCUT2D eigenvalue weighted by Gasteiger charge is -2.19. The van der Waals surface area contributed by atoms with E-state index in [-0.39, 0.29) is 53.5 Å². The molecule has 24 heavy (non-hydrogen) atoms. The summed E-state index contributed by atoms with van der Waals surface area (Å²) >= 11 is 11.8. The molecule has 1 aromatic carbocycles.